The van der Waals surface area contributed by atoms with Gasteiger partial charge in [0.15, 0.2) is 0 Å². The standard InChI is InChI=1S/C17H23NO3S2/c1-3-17(4-2,16(20)21)11-18-14(19)12-5-7-13(8-6-12)15-22-9-10-23-15/h5-8,15H,3-4,9-11H2,1-2H3,(H,18,19)(H,20,21). The summed E-state index contributed by atoms with van der Waals surface area (Å²) in [5.41, 5.74) is 0.927. The van der Waals surface area contributed by atoms with Gasteiger partial charge in [0, 0.05) is 23.6 Å². The molecule has 2 N–H and O–H groups in total. The summed E-state index contributed by atoms with van der Waals surface area (Å²) in [5, 5.41) is 12.2. The minimum absolute atomic E-state index is 0.157. The molecule has 0 spiro atoms. The lowest BCUT2D eigenvalue weighted by Crippen LogP contribution is -2.42. The molecule has 0 bridgehead atoms. The van der Waals surface area contributed by atoms with E-state index in [0.717, 1.165) is 0 Å². The van der Waals surface area contributed by atoms with Crippen molar-refractivity contribution < 1.29 is 14.7 Å². The highest BCUT2D eigenvalue weighted by atomic mass is 32.2. The van der Waals surface area contributed by atoms with Crippen molar-refractivity contribution in [2.45, 2.75) is 31.3 Å². The van der Waals surface area contributed by atoms with E-state index < -0.39 is 11.4 Å². The molecule has 6 heteroatoms. The van der Waals surface area contributed by atoms with E-state index >= 15 is 0 Å². The number of carbonyl (C=O) groups is 2. The first kappa shape index (κ1) is 18.2. The molecule has 1 heterocycles. The average molecular weight is 354 g/mol. The molecule has 126 valence electrons. The SMILES string of the molecule is CCC(CC)(CNC(=O)c1ccc(C2SCCS2)cc1)C(=O)O. The molecule has 1 fully saturated rings. The Labute approximate surface area is 145 Å². The number of amides is 1. The van der Waals surface area contributed by atoms with Crippen LogP contribution in [0, 0.1) is 5.41 Å². The fraction of sp³-hybridized carbons (Fsp3) is 0.529. The molecule has 1 aliphatic rings. The van der Waals surface area contributed by atoms with Crippen LogP contribution in [0.3, 0.4) is 0 Å². The number of rotatable bonds is 7. The van der Waals surface area contributed by atoms with Crippen LogP contribution in [-0.2, 0) is 4.79 Å². The molecule has 1 aromatic carbocycles. The van der Waals surface area contributed by atoms with Gasteiger partial charge in [0.05, 0.1) is 10.00 Å². The van der Waals surface area contributed by atoms with Crippen LogP contribution in [0.15, 0.2) is 24.3 Å². The lowest BCUT2D eigenvalue weighted by molar-refractivity contribution is -0.149. The van der Waals surface area contributed by atoms with Crippen molar-refractivity contribution in [3.63, 3.8) is 0 Å². The van der Waals surface area contributed by atoms with Gasteiger partial charge in [-0.25, -0.2) is 0 Å². The Balaban J connectivity index is 1.99. The van der Waals surface area contributed by atoms with Gasteiger partial charge in [0.25, 0.3) is 5.91 Å². The molecule has 1 aromatic rings. The second-order valence-electron chi connectivity index (χ2n) is 5.67. The van der Waals surface area contributed by atoms with E-state index in [1.807, 2.05) is 61.6 Å². The molecule has 23 heavy (non-hydrogen) atoms. The van der Waals surface area contributed by atoms with Gasteiger partial charge in [-0.3, -0.25) is 9.59 Å². The summed E-state index contributed by atoms with van der Waals surface area (Å²) in [6.07, 6.45) is 0.988. The van der Waals surface area contributed by atoms with Gasteiger partial charge in [0.2, 0.25) is 0 Å². The lowest BCUT2D eigenvalue weighted by Gasteiger charge is -2.26. The number of carboxylic acid groups (broad SMARTS) is 1. The van der Waals surface area contributed by atoms with Gasteiger partial charge < -0.3 is 10.4 Å². The Morgan fingerprint density at radius 3 is 2.22 bits per heavy atom. The Kier molecular flexibility index (Phi) is 6.41. The number of hydrogen-bond donors (Lipinski definition) is 2. The predicted molar refractivity (Wildman–Crippen MR) is 97.1 cm³/mol. The summed E-state index contributed by atoms with van der Waals surface area (Å²) in [6, 6.07) is 7.64. The zero-order valence-electron chi connectivity index (χ0n) is 13.5. The van der Waals surface area contributed by atoms with Crippen LogP contribution < -0.4 is 5.32 Å². The first-order chi connectivity index (χ1) is 11.0. The number of benzene rings is 1. The van der Waals surface area contributed by atoms with Crippen molar-refractivity contribution in [3.8, 4) is 0 Å². The third-order valence-electron chi connectivity index (χ3n) is 4.46. The van der Waals surface area contributed by atoms with Crippen LogP contribution in [0.4, 0.5) is 0 Å². The van der Waals surface area contributed by atoms with Crippen LogP contribution in [0.1, 0.15) is 47.2 Å². The number of hydrogen-bond acceptors (Lipinski definition) is 4. The molecule has 2 rings (SSSR count). The van der Waals surface area contributed by atoms with Gasteiger partial charge in [0.1, 0.15) is 0 Å². The molecule has 0 atom stereocenters. The first-order valence-corrected chi connectivity index (χ1v) is 9.97. The second-order valence-corrected chi connectivity index (χ2v) is 8.40. The van der Waals surface area contributed by atoms with E-state index in [2.05, 4.69) is 5.32 Å². The molecule has 0 unspecified atom stereocenters. The van der Waals surface area contributed by atoms with Gasteiger partial charge in [-0.15, -0.1) is 23.5 Å². The topological polar surface area (TPSA) is 66.4 Å². The van der Waals surface area contributed by atoms with Crippen molar-refractivity contribution in [1.82, 2.24) is 5.32 Å². The Morgan fingerprint density at radius 1 is 1.17 bits per heavy atom. The maximum Gasteiger partial charge on any atom is 0.311 e. The summed E-state index contributed by atoms with van der Waals surface area (Å²) < 4.78 is 0.465. The zero-order valence-corrected chi connectivity index (χ0v) is 15.1. The van der Waals surface area contributed by atoms with Gasteiger partial charge in [-0.2, -0.15) is 0 Å². The highest BCUT2D eigenvalue weighted by molar-refractivity contribution is 8.19. The van der Waals surface area contributed by atoms with E-state index in [0.29, 0.717) is 23.0 Å². The van der Waals surface area contributed by atoms with E-state index in [1.165, 1.54) is 17.1 Å². The van der Waals surface area contributed by atoms with Crippen LogP contribution in [0.25, 0.3) is 0 Å². The van der Waals surface area contributed by atoms with Gasteiger partial charge in [-0.1, -0.05) is 26.0 Å². The Hall–Kier alpha value is -1.14. The molecule has 0 aliphatic carbocycles. The second kappa shape index (κ2) is 8.11. The number of carbonyl (C=O) groups excluding carboxylic acids is 1. The molecule has 0 saturated carbocycles. The van der Waals surface area contributed by atoms with Crippen molar-refractivity contribution in [2.24, 2.45) is 5.41 Å². The minimum Gasteiger partial charge on any atom is -0.481 e. The Bertz CT molecular complexity index is 549. The van der Waals surface area contributed by atoms with E-state index in [4.69, 9.17) is 0 Å². The van der Waals surface area contributed by atoms with Crippen molar-refractivity contribution in [3.05, 3.63) is 35.4 Å². The minimum atomic E-state index is -0.882. The smallest absolute Gasteiger partial charge is 0.311 e. The van der Waals surface area contributed by atoms with Crippen LogP contribution in [0.2, 0.25) is 0 Å². The normalized spacial score (nSPS) is 15.6. The van der Waals surface area contributed by atoms with Crippen molar-refractivity contribution in [2.75, 3.05) is 18.1 Å². The largest absolute Gasteiger partial charge is 0.481 e. The monoisotopic (exact) mass is 353 g/mol. The summed E-state index contributed by atoms with van der Waals surface area (Å²) >= 11 is 3.86. The quantitative estimate of drug-likeness (QED) is 0.781. The van der Waals surface area contributed by atoms with Gasteiger partial charge in [-0.05, 0) is 30.5 Å². The first-order valence-electron chi connectivity index (χ1n) is 7.87. The number of nitrogens with one attached hydrogen (secondary N) is 1. The third kappa shape index (κ3) is 4.23. The van der Waals surface area contributed by atoms with Crippen molar-refractivity contribution >= 4 is 35.4 Å². The van der Waals surface area contributed by atoms with Crippen LogP contribution >= 0.6 is 23.5 Å². The summed E-state index contributed by atoms with van der Waals surface area (Å²) in [7, 11) is 0. The number of thioether (sulfide) groups is 2. The fourth-order valence-corrected chi connectivity index (χ4v) is 5.43. The lowest BCUT2D eigenvalue weighted by atomic mass is 9.82. The highest BCUT2D eigenvalue weighted by Gasteiger charge is 2.35. The zero-order chi connectivity index (χ0) is 16.9. The van der Waals surface area contributed by atoms with E-state index in [1.54, 1.807) is 0 Å². The van der Waals surface area contributed by atoms with Crippen molar-refractivity contribution in [1.29, 1.82) is 0 Å². The highest BCUT2D eigenvalue weighted by Crippen LogP contribution is 2.45. The fourth-order valence-electron chi connectivity index (χ4n) is 2.57. The number of aliphatic carboxylic acids is 1. The van der Waals surface area contributed by atoms with E-state index in [-0.39, 0.29) is 12.5 Å². The maximum atomic E-state index is 12.3. The average Bonchev–Trinajstić information content (AvgIpc) is 3.10. The molecule has 0 aromatic heterocycles. The summed E-state index contributed by atoms with van der Waals surface area (Å²) in [4.78, 5) is 23.7. The summed E-state index contributed by atoms with van der Waals surface area (Å²) in [6.45, 7) is 3.84. The van der Waals surface area contributed by atoms with Crippen LogP contribution in [0.5, 0.6) is 0 Å². The van der Waals surface area contributed by atoms with E-state index in [9.17, 15) is 14.7 Å². The molecular formula is C17H23NO3S2. The third-order valence-corrected chi connectivity index (χ3v) is 7.57. The molecule has 1 saturated heterocycles. The molecular weight excluding hydrogens is 330 g/mol. The molecule has 1 amide bonds. The predicted octanol–water partition coefficient (Wildman–Crippen LogP) is 3.79. The van der Waals surface area contributed by atoms with Crippen LogP contribution in [-0.4, -0.2) is 35.0 Å². The molecule has 1 aliphatic heterocycles. The Morgan fingerprint density at radius 2 is 1.74 bits per heavy atom. The summed E-state index contributed by atoms with van der Waals surface area (Å²) in [5.74, 6) is 1.27. The van der Waals surface area contributed by atoms with Gasteiger partial charge >= 0.3 is 5.97 Å². The molecule has 0 radical (unpaired) electrons. The maximum absolute atomic E-state index is 12.3. The number of carboxylic acids is 1. The molecule has 4 nitrogen and oxygen atoms in total.